The summed E-state index contributed by atoms with van der Waals surface area (Å²) < 4.78 is 0. The first-order valence-electron chi connectivity index (χ1n) is 7.39. The van der Waals surface area contributed by atoms with Crippen molar-refractivity contribution in [3.63, 3.8) is 0 Å². The van der Waals surface area contributed by atoms with Crippen molar-refractivity contribution < 1.29 is 0 Å². The zero-order chi connectivity index (χ0) is 13.0. The van der Waals surface area contributed by atoms with E-state index in [2.05, 4.69) is 57.2 Å². The van der Waals surface area contributed by atoms with Crippen molar-refractivity contribution in [1.29, 1.82) is 0 Å². The molecule has 0 N–H and O–H groups in total. The van der Waals surface area contributed by atoms with Gasteiger partial charge in [-0.1, -0.05) is 76.5 Å². The van der Waals surface area contributed by atoms with E-state index in [0.717, 1.165) is 6.42 Å². The molecule has 1 aromatic carbocycles. The van der Waals surface area contributed by atoms with Crippen LogP contribution in [0.5, 0.6) is 0 Å². The van der Waals surface area contributed by atoms with Crippen LogP contribution >= 0.6 is 0 Å². The van der Waals surface area contributed by atoms with Crippen LogP contribution in [0.4, 0.5) is 0 Å². The number of fused-ring (bicyclic) bond motifs is 1. The number of rotatable bonds is 5. The third-order valence-electron chi connectivity index (χ3n) is 4.32. The van der Waals surface area contributed by atoms with Gasteiger partial charge in [0.15, 0.2) is 0 Å². The van der Waals surface area contributed by atoms with Gasteiger partial charge in [-0.25, -0.2) is 0 Å². The first kappa shape index (κ1) is 13.4. The summed E-state index contributed by atoms with van der Waals surface area (Å²) in [7, 11) is 0. The number of unbranched alkanes of at least 4 members (excludes halogenated alkanes) is 2. The zero-order valence-electron chi connectivity index (χ0n) is 12.1. The van der Waals surface area contributed by atoms with Crippen LogP contribution in [0.2, 0.25) is 0 Å². The Morgan fingerprint density at radius 3 is 2.72 bits per heavy atom. The van der Waals surface area contributed by atoms with E-state index in [-0.39, 0.29) is 0 Å². The summed E-state index contributed by atoms with van der Waals surface area (Å²) in [5, 5.41) is 0. The predicted molar refractivity (Wildman–Crippen MR) is 80.0 cm³/mol. The predicted octanol–water partition coefficient (Wildman–Crippen LogP) is 5.49. The first-order chi connectivity index (χ1) is 8.65. The van der Waals surface area contributed by atoms with Crippen LogP contribution in [0.1, 0.15) is 63.5 Å². The molecule has 0 saturated heterocycles. The Labute approximate surface area is 112 Å². The van der Waals surface area contributed by atoms with Crippen molar-refractivity contribution in [2.45, 2.75) is 58.8 Å². The van der Waals surface area contributed by atoms with Gasteiger partial charge in [-0.05, 0) is 29.4 Å². The van der Waals surface area contributed by atoms with Gasteiger partial charge in [0.2, 0.25) is 0 Å². The van der Waals surface area contributed by atoms with Crippen LogP contribution in [0.3, 0.4) is 0 Å². The largest absolute Gasteiger partial charge is 0.0835 e. The van der Waals surface area contributed by atoms with Gasteiger partial charge >= 0.3 is 0 Å². The summed E-state index contributed by atoms with van der Waals surface area (Å²) in [5.41, 5.74) is 3.46. The fraction of sp³-hybridized carbons (Fsp3) is 0.556. The lowest BCUT2D eigenvalue weighted by Crippen LogP contribution is -2.23. The second-order valence-corrected chi connectivity index (χ2v) is 6.25. The van der Waals surface area contributed by atoms with Crippen molar-refractivity contribution >= 4 is 0 Å². The molecule has 18 heavy (non-hydrogen) atoms. The van der Waals surface area contributed by atoms with Gasteiger partial charge in [-0.3, -0.25) is 0 Å². The van der Waals surface area contributed by atoms with E-state index >= 15 is 0 Å². The van der Waals surface area contributed by atoms with Crippen molar-refractivity contribution in [2.75, 3.05) is 0 Å². The minimum atomic E-state index is 0.377. The molecule has 0 heterocycles. The molecule has 0 aliphatic heterocycles. The lowest BCUT2D eigenvalue weighted by Gasteiger charge is -2.36. The van der Waals surface area contributed by atoms with Crippen LogP contribution in [0.25, 0.3) is 0 Å². The Morgan fingerprint density at radius 1 is 1.17 bits per heavy atom. The highest BCUT2D eigenvalue weighted by Crippen LogP contribution is 2.43. The monoisotopic (exact) mass is 242 g/mol. The van der Waals surface area contributed by atoms with Crippen molar-refractivity contribution in [3.8, 4) is 0 Å². The van der Waals surface area contributed by atoms with E-state index in [0.29, 0.717) is 11.3 Å². The average molecular weight is 242 g/mol. The summed E-state index contributed by atoms with van der Waals surface area (Å²) in [5.74, 6) is 0.597. The maximum Gasteiger partial charge on any atom is 0.00721 e. The number of allylic oxidation sites excluding steroid dienone is 2. The van der Waals surface area contributed by atoms with Crippen LogP contribution in [-0.4, -0.2) is 0 Å². The Bertz CT molecular complexity index is 412. The molecule has 1 atom stereocenters. The Hall–Kier alpha value is -1.04. The lowest BCUT2D eigenvalue weighted by molar-refractivity contribution is 0.283. The molecular weight excluding hydrogens is 216 g/mol. The molecule has 0 fully saturated rings. The quantitative estimate of drug-likeness (QED) is 0.473. The van der Waals surface area contributed by atoms with Crippen molar-refractivity contribution in [1.82, 2.24) is 0 Å². The van der Waals surface area contributed by atoms with E-state index in [4.69, 9.17) is 0 Å². The van der Waals surface area contributed by atoms with Gasteiger partial charge in [0.05, 0.1) is 0 Å². The Morgan fingerprint density at radius 2 is 1.94 bits per heavy atom. The van der Waals surface area contributed by atoms with E-state index in [1.807, 2.05) is 0 Å². The van der Waals surface area contributed by atoms with Crippen LogP contribution in [0, 0.1) is 5.41 Å². The minimum Gasteiger partial charge on any atom is -0.0835 e. The summed E-state index contributed by atoms with van der Waals surface area (Å²) >= 11 is 0. The smallest absolute Gasteiger partial charge is 0.00721 e. The molecule has 0 saturated carbocycles. The molecule has 0 spiro atoms. The van der Waals surface area contributed by atoms with Crippen molar-refractivity contribution in [2.24, 2.45) is 5.41 Å². The molecule has 0 nitrogen and oxygen atoms in total. The zero-order valence-corrected chi connectivity index (χ0v) is 12.1. The third kappa shape index (κ3) is 2.85. The van der Waals surface area contributed by atoms with Gasteiger partial charge in [0.1, 0.15) is 0 Å². The van der Waals surface area contributed by atoms with Crippen LogP contribution < -0.4 is 0 Å². The maximum absolute atomic E-state index is 2.44. The van der Waals surface area contributed by atoms with E-state index < -0.39 is 0 Å². The molecule has 0 bridgehead atoms. The lowest BCUT2D eigenvalue weighted by atomic mass is 9.69. The maximum atomic E-state index is 2.44. The highest BCUT2D eigenvalue weighted by atomic mass is 14.3. The molecule has 98 valence electrons. The topological polar surface area (TPSA) is 0 Å². The van der Waals surface area contributed by atoms with Gasteiger partial charge in [0.25, 0.3) is 0 Å². The highest BCUT2D eigenvalue weighted by Gasteiger charge is 2.30. The number of hydrogen-bond donors (Lipinski definition) is 0. The summed E-state index contributed by atoms with van der Waals surface area (Å²) in [6.07, 6.45) is 11.3. The minimum absolute atomic E-state index is 0.377. The van der Waals surface area contributed by atoms with Gasteiger partial charge < -0.3 is 0 Å². The molecule has 0 heteroatoms. The highest BCUT2D eigenvalue weighted by molar-refractivity contribution is 5.39. The van der Waals surface area contributed by atoms with Crippen molar-refractivity contribution in [3.05, 3.63) is 47.5 Å². The number of benzene rings is 1. The van der Waals surface area contributed by atoms with Gasteiger partial charge in [-0.2, -0.15) is 0 Å². The standard InChI is InChI=1S/C18H26/c1-4-5-8-14-18(2,3)17-13-9-11-15-10-6-7-12-16(15)17/h6-7,9-10,12-13,17H,4-5,8,11,14H2,1-3H3. The molecule has 1 unspecified atom stereocenters. The number of hydrogen-bond acceptors (Lipinski definition) is 0. The fourth-order valence-corrected chi connectivity index (χ4v) is 3.13. The van der Waals surface area contributed by atoms with E-state index in [1.54, 1.807) is 5.56 Å². The molecule has 0 aromatic heterocycles. The second kappa shape index (κ2) is 5.73. The summed E-state index contributed by atoms with van der Waals surface area (Å²) in [6, 6.07) is 8.96. The first-order valence-corrected chi connectivity index (χ1v) is 7.39. The van der Waals surface area contributed by atoms with E-state index in [9.17, 15) is 0 Å². The van der Waals surface area contributed by atoms with Crippen LogP contribution in [-0.2, 0) is 6.42 Å². The molecule has 2 rings (SSSR count). The molecule has 1 aliphatic rings. The average Bonchev–Trinajstić information content (AvgIpc) is 2.38. The molecule has 0 radical (unpaired) electrons. The Kier molecular flexibility index (Phi) is 4.27. The normalized spacial score (nSPS) is 18.7. The second-order valence-electron chi connectivity index (χ2n) is 6.25. The molecule has 1 aromatic rings. The van der Waals surface area contributed by atoms with Gasteiger partial charge in [-0.15, -0.1) is 0 Å². The van der Waals surface area contributed by atoms with Gasteiger partial charge in [0, 0.05) is 5.92 Å². The third-order valence-corrected chi connectivity index (χ3v) is 4.32. The Balaban J connectivity index is 2.16. The molecule has 0 amide bonds. The fourth-order valence-electron chi connectivity index (χ4n) is 3.13. The SMILES string of the molecule is CCCCCC(C)(C)C1C=CCc2ccccc21. The molecule has 1 aliphatic carbocycles. The van der Waals surface area contributed by atoms with Crippen LogP contribution in [0.15, 0.2) is 36.4 Å². The summed E-state index contributed by atoms with van der Waals surface area (Å²) in [6.45, 7) is 7.14. The molecular formula is C18H26. The van der Waals surface area contributed by atoms with E-state index in [1.165, 1.54) is 31.2 Å². The summed E-state index contributed by atoms with van der Waals surface area (Å²) in [4.78, 5) is 0.